The molecule has 0 spiro atoms. The molecule has 1 saturated heterocycles. The van der Waals surface area contributed by atoms with E-state index in [0.717, 1.165) is 24.2 Å². The van der Waals surface area contributed by atoms with Crippen LogP contribution in [0.4, 0.5) is 0 Å². The molecule has 33 heavy (non-hydrogen) atoms. The molecule has 1 heterocycles. The molecule has 0 aromatic heterocycles. The Morgan fingerprint density at radius 2 is 1.52 bits per heavy atom. The summed E-state index contributed by atoms with van der Waals surface area (Å²) in [5.74, 6) is 0.779. The van der Waals surface area contributed by atoms with E-state index in [4.69, 9.17) is 25.5 Å². The van der Waals surface area contributed by atoms with E-state index in [1.807, 2.05) is 18.2 Å². The monoisotopic (exact) mass is 480 g/mol. The molecule has 0 unspecified atom stereocenters. The molecule has 1 aliphatic heterocycles. The molecule has 0 radical (unpaired) electrons. The number of rotatable bonds is 7. The molecular weight excluding hydrogens is 448 g/mol. The number of benzene rings is 3. The summed E-state index contributed by atoms with van der Waals surface area (Å²) >= 11 is 6.15. The van der Waals surface area contributed by atoms with Crippen LogP contribution in [0.2, 0.25) is 10.1 Å². The fraction of sp³-hybridized carbons (Fsp3) is 0.357. The first kappa shape index (κ1) is 24.0. The maximum atomic E-state index is 7.07. The van der Waals surface area contributed by atoms with E-state index in [1.54, 1.807) is 7.11 Å². The van der Waals surface area contributed by atoms with E-state index in [0.29, 0.717) is 11.6 Å². The van der Waals surface area contributed by atoms with Gasteiger partial charge in [0.15, 0.2) is 0 Å². The number of hydrogen-bond donors (Lipinski definition) is 0. The van der Waals surface area contributed by atoms with Crippen molar-refractivity contribution in [1.29, 1.82) is 0 Å². The molecule has 2 atom stereocenters. The zero-order valence-electron chi connectivity index (χ0n) is 19.9. The second-order valence-electron chi connectivity index (χ2n) is 9.68. The van der Waals surface area contributed by atoms with Gasteiger partial charge < -0.3 is 13.9 Å². The average molecular weight is 481 g/mol. The second-order valence-corrected chi connectivity index (χ2v) is 14.4. The zero-order valence-corrected chi connectivity index (χ0v) is 21.6. The quantitative estimate of drug-likeness (QED) is 0.380. The van der Waals surface area contributed by atoms with Crippen molar-refractivity contribution in [2.24, 2.45) is 0 Å². The van der Waals surface area contributed by atoms with Crippen LogP contribution in [-0.4, -0.2) is 28.1 Å². The highest BCUT2D eigenvalue weighted by molar-refractivity contribution is 6.99. The van der Waals surface area contributed by atoms with E-state index in [-0.39, 0.29) is 17.2 Å². The van der Waals surface area contributed by atoms with Gasteiger partial charge >= 0.3 is 0 Å². The van der Waals surface area contributed by atoms with Crippen LogP contribution >= 0.6 is 11.6 Å². The lowest BCUT2D eigenvalue weighted by atomic mass is 10.1. The highest BCUT2D eigenvalue weighted by Crippen LogP contribution is 2.40. The maximum absolute atomic E-state index is 7.07. The summed E-state index contributed by atoms with van der Waals surface area (Å²) in [4.78, 5) is 0. The van der Waals surface area contributed by atoms with Crippen molar-refractivity contribution in [2.75, 3.05) is 13.7 Å². The fourth-order valence-electron chi connectivity index (χ4n) is 4.99. The predicted octanol–water partition coefficient (Wildman–Crippen LogP) is 6.15. The molecule has 4 rings (SSSR count). The number of methoxy groups -OCH3 is 1. The van der Waals surface area contributed by atoms with Crippen LogP contribution in [0, 0.1) is 0 Å². The van der Waals surface area contributed by atoms with Crippen molar-refractivity contribution in [2.45, 2.75) is 50.9 Å². The first-order valence-corrected chi connectivity index (χ1v) is 13.9. The van der Waals surface area contributed by atoms with Gasteiger partial charge in [0, 0.05) is 10.6 Å². The van der Waals surface area contributed by atoms with Gasteiger partial charge in [-0.2, -0.15) is 0 Å². The molecule has 1 aliphatic rings. The summed E-state index contributed by atoms with van der Waals surface area (Å²) in [7, 11) is -0.891. The molecule has 5 heteroatoms. The Hall–Kier alpha value is -2.11. The van der Waals surface area contributed by atoms with Gasteiger partial charge in [0.2, 0.25) is 0 Å². The molecule has 174 valence electrons. The first-order valence-electron chi connectivity index (χ1n) is 11.6. The smallest absolute Gasteiger partial charge is 0.261 e. The van der Waals surface area contributed by atoms with Crippen molar-refractivity contribution >= 4 is 30.3 Å². The first-order chi connectivity index (χ1) is 15.8. The lowest BCUT2D eigenvalue weighted by Crippen LogP contribution is -2.67. The minimum atomic E-state index is -2.57. The third-order valence-corrected chi connectivity index (χ3v) is 11.8. The topological polar surface area (TPSA) is 27.7 Å². The van der Waals surface area contributed by atoms with Crippen LogP contribution in [0.25, 0.3) is 0 Å². The minimum Gasteiger partial charge on any atom is -0.496 e. The van der Waals surface area contributed by atoms with Crippen LogP contribution in [0.3, 0.4) is 0 Å². The van der Waals surface area contributed by atoms with Crippen LogP contribution in [0.1, 0.15) is 45.3 Å². The van der Waals surface area contributed by atoms with Gasteiger partial charge in [-0.1, -0.05) is 99.1 Å². The predicted molar refractivity (Wildman–Crippen MR) is 138 cm³/mol. The highest BCUT2D eigenvalue weighted by atomic mass is 35.5. The van der Waals surface area contributed by atoms with Gasteiger partial charge in [-0.3, -0.25) is 0 Å². The van der Waals surface area contributed by atoms with Crippen molar-refractivity contribution < 1.29 is 13.9 Å². The molecule has 0 aliphatic carbocycles. The zero-order chi connectivity index (χ0) is 23.5. The highest BCUT2D eigenvalue weighted by Gasteiger charge is 2.50. The van der Waals surface area contributed by atoms with Gasteiger partial charge in [-0.05, 0) is 40.4 Å². The van der Waals surface area contributed by atoms with Crippen molar-refractivity contribution in [3.63, 3.8) is 0 Å². The standard InChI is InChI=1S/C28H33ClO3Si/c1-28(2,3)33(23-11-7-5-8-12-23,24-13-9-6-10-14-24)31-20-22-16-18-26(32-22)25-17-15-21(29)19-27(25)30-4/h5-15,17,19,22,26H,16,18,20H2,1-4H3/t22-,26+/m0/s1. The van der Waals surface area contributed by atoms with E-state index in [1.165, 1.54) is 10.4 Å². The van der Waals surface area contributed by atoms with Crippen LogP contribution in [0.5, 0.6) is 5.75 Å². The largest absolute Gasteiger partial charge is 0.496 e. The average Bonchev–Trinajstić information content (AvgIpc) is 3.28. The van der Waals surface area contributed by atoms with Crippen molar-refractivity contribution in [1.82, 2.24) is 0 Å². The molecule has 3 nitrogen and oxygen atoms in total. The summed E-state index contributed by atoms with van der Waals surface area (Å²) in [5, 5.41) is 3.20. The van der Waals surface area contributed by atoms with E-state index < -0.39 is 8.32 Å². The SMILES string of the molecule is COc1cc(Cl)ccc1[C@H]1CC[C@@H](CO[Si](c2ccccc2)(c2ccccc2)C(C)(C)C)O1. The number of hydrogen-bond acceptors (Lipinski definition) is 3. The van der Waals surface area contributed by atoms with Gasteiger partial charge in [0.25, 0.3) is 8.32 Å². The number of halogens is 1. The third-order valence-electron chi connectivity index (χ3n) is 6.55. The van der Waals surface area contributed by atoms with Crippen LogP contribution in [0.15, 0.2) is 78.9 Å². The van der Waals surface area contributed by atoms with E-state index in [9.17, 15) is 0 Å². The van der Waals surface area contributed by atoms with Gasteiger partial charge in [0.05, 0.1) is 25.9 Å². The van der Waals surface area contributed by atoms with Crippen LogP contribution < -0.4 is 15.1 Å². The van der Waals surface area contributed by atoms with Gasteiger partial charge in [-0.15, -0.1) is 0 Å². The lowest BCUT2D eigenvalue weighted by molar-refractivity contribution is 0.0140. The Balaban J connectivity index is 1.60. The van der Waals surface area contributed by atoms with Gasteiger partial charge in [-0.25, -0.2) is 0 Å². The third kappa shape index (κ3) is 4.90. The summed E-state index contributed by atoms with van der Waals surface area (Å²) in [6, 6.07) is 27.3. The van der Waals surface area contributed by atoms with E-state index >= 15 is 0 Å². The molecule has 3 aromatic carbocycles. The molecule has 0 amide bonds. The molecular formula is C28H33ClO3Si. The normalized spacial score (nSPS) is 18.9. The lowest BCUT2D eigenvalue weighted by Gasteiger charge is -2.43. The molecule has 0 N–H and O–H groups in total. The molecule has 1 fully saturated rings. The maximum Gasteiger partial charge on any atom is 0.261 e. The number of ether oxygens (including phenoxy) is 2. The Morgan fingerprint density at radius 1 is 0.909 bits per heavy atom. The molecule has 3 aromatic rings. The molecule has 0 saturated carbocycles. The fourth-order valence-corrected chi connectivity index (χ4v) is 9.74. The van der Waals surface area contributed by atoms with Crippen LogP contribution in [-0.2, 0) is 9.16 Å². The Labute approximate surface area is 203 Å². The van der Waals surface area contributed by atoms with Gasteiger partial charge in [0.1, 0.15) is 5.75 Å². The summed E-state index contributed by atoms with van der Waals surface area (Å²) in [6.45, 7) is 7.47. The minimum absolute atomic E-state index is 0.00929. The Bertz CT molecular complexity index is 1010. The molecule has 0 bridgehead atoms. The van der Waals surface area contributed by atoms with Crippen molar-refractivity contribution in [3.05, 3.63) is 89.4 Å². The van der Waals surface area contributed by atoms with E-state index in [2.05, 4.69) is 81.4 Å². The summed E-state index contributed by atoms with van der Waals surface area (Å²) in [5.41, 5.74) is 1.05. The second kappa shape index (κ2) is 10.0. The Morgan fingerprint density at radius 3 is 2.06 bits per heavy atom. The summed E-state index contributed by atoms with van der Waals surface area (Å²) in [6.07, 6.45) is 1.92. The Kier molecular flexibility index (Phi) is 7.30. The van der Waals surface area contributed by atoms with Crippen molar-refractivity contribution in [3.8, 4) is 5.75 Å². The summed E-state index contributed by atoms with van der Waals surface area (Å²) < 4.78 is 19.1.